The van der Waals surface area contributed by atoms with Gasteiger partial charge in [0.2, 0.25) is 0 Å². The van der Waals surface area contributed by atoms with E-state index in [1.807, 2.05) is 62.4 Å². The Morgan fingerprint density at radius 1 is 0.514 bits per heavy atom. The maximum Gasteiger partial charge on any atom is 0.262 e. The molecule has 0 saturated carbocycles. The molecule has 4 rings (SSSR count). The van der Waals surface area contributed by atoms with Gasteiger partial charge in [0.05, 0.1) is 0 Å². The van der Waals surface area contributed by atoms with Crippen LogP contribution in [0.4, 0.5) is 11.4 Å². The summed E-state index contributed by atoms with van der Waals surface area (Å²) >= 11 is 0. The van der Waals surface area contributed by atoms with Gasteiger partial charge in [0.1, 0.15) is 23.0 Å². The van der Waals surface area contributed by atoms with Crippen LogP contribution in [-0.4, -0.2) is 25.0 Å². The van der Waals surface area contributed by atoms with Gasteiger partial charge in [0.25, 0.3) is 11.8 Å². The van der Waals surface area contributed by atoms with E-state index in [1.165, 1.54) is 0 Å². The lowest BCUT2D eigenvalue weighted by atomic mass is 10.2. The highest BCUT2D eigenvalue weighted by Gasteiger charge is 2.07. The van der Waals surface area contributed by atoms with Crippen LogP contribution in [0.3, 0.4) is 0 Å². The summed E-state index contributed by atoms with van der Waals surface area (Å²) in [4.78, 5) is 24.3. The summed E-state index contributed by atoms with van der Waals surface area (Å²) in [6, 6.07) is 29.1. The molecule has 2 N–H and O–H groups in total. The maximum absolute atomic E-state index is 12.2. The van der Waals surface area contributed by atoms with E-state index in [-0.39, 0.29) is 25.0 Å². The van der Waals surface area contributed by atoms with E-state index in [1.54, 1.807) is 48.5 Å². The van der Waals surface area contributed by atoms with Crippen molar-refractivity contribution in [2.75, 3.05) is 23.8 Å². The Labute approximate surface area is 216 Å². The highest BCUT2D eigenvalue weighted by Crippen LogP contribution is 2.24. The third kappa shape index (κ3) is 8.14. The third-order valence-corrected chi connectivity index (χ3v) is 5.29. The summed E-state index contributed by atoms with van der Waals surface area (Å²) in [7, 11) is 0. The number of hydrogen-bond acceptors (Lipinski definition) is 5. The summed E-state index contributed by atoms with van der Waals surface area (Å²) < 4.78 is 16.9. The quantitative estimate of drug-likeness (QED) is 0.276. The normalized spacial score (nSPS) is 10.3. The van der Waals surface area contributed by atoms with Gasteiger partial charge in [-0.25, -0.2) is 0 Å². The van der Waals surface area contributed by atoms with E-state index in [0.29, 0.717) is 34.4 Å². The molecule has 0 aromatic heterocycles. The lowest BCUT2D eigenvalue weighted by molar-refractivity contribution is -0.118. The van der Waals surface area contributed by atoms with Gasteiger partial charge in [-0.1, -0.05) is 35.4 Å². The summed E-state index contributed by atoms with van der Waals surface area (Å²) in [6.07, 6.45) is 0. The molecule has 0 fully saturated rings. The number of aryl methyl sites for hydroxylation is 2. The summed E-state index contributed by atoms with van der Waals surface area (Å²) in [5.74, 6) is 2.00. The molecule has 0 aliphatic heterocycles. The number of carbonyl (C=O) groups is 2. The molecular weight excluding hydrogens is 468 g/mol. The Kier molecular flexibility index (Phi) is 8.39. The second-order valence-electron chi connectivity index (χ2n) is 8.45. The maximum atomic E-state index is 12.2. The van der Waals surface area contributed by atoms with Crippen molar-refractivity contribution < 1.29 is 23.8 Å². The molecule has 4 aromatic carbocycles. The Hall–Kier alpha value is -4.78. The van der Waals surface area contributed by atoms with Gasteiger partial charge >= 0.3 is 0 Å². The van der Waals surface area contributed by atoms with Gasteiger partial charge in [-0.3, -0.25) is 9.59 Å². The minimum absolute atomic E-state index is 0.0811. The second-order valence-corrected chi connectivity index (χ2v) is 8.45. The second kappa shape index (κ2) is 12.3. The molecule has 0 atom stereocenters. The summed E-state index contributed by atoms with van der Waals surface area (Å²) in [6.45, 7) is 3.82. The van der Waals surface area contributed by atoms with Crippen LogP contribution < -0.4 is 24.8 Å². The van der Waals surface area contributed by atoms with Gasteiger partial charge < -0.3 is 24.8 Å². The largest absolute Gasteiger partial charge is 0.484 e. The van der Waals surface area contributed by atoms with Crippen molar-refractivity contribution in [1.29, 1.82) is 0 Å². The van der Waals surface area contributed by atoms with Crippen molar-refractivity contribution in [3.8, 4) is 23.0 Å². The Bertz CT molecular complexity index is 1210. The Morgan fingerprint density at radius 3 is 1.19 bits per heavy atom. The van der Waals surface area contributed by atoms with Crippen molar-refractivity contribution in [1.82, 2.24) is 0 Å². The molecule has 37 heavy (non-hydrogen) atoms. The van der Waals surface area contributed by atoms with Crippen LogP contribution in [0.2, 0.25) is 0 Å². The fraction of sp³-hybridized carbons (Fsp3) is 0.133. The Morgan fingerprint density at radius 2 is 0.838 bits per heavy atom. The van der Waals surface area contributed by atoms with Gasteiger partial charge in [-0.2, -0.15) is 0 Å². The molecule has 0 aliphatic rings. The Balaban J connectivity index is 1.21. The SMILES string of the molecule is Cc1ccc(OCC(=O)Nc2ccc(Oc3ccc(NC(=O)COc4ccc(C)cc4)cc3)cc2)cc1. The monoisotopic (exact) mass is 496 g/mol. The van der Waals surface area contributed by atoms with Crippen LogP contribution >= 0.6 is 0 Å². The molecule has 4 aromatic rings. The highest BCUT2D eigenvalue weighted by atomic mass is 16.5. The van der Waals surface area contributed by atoms with Crippen LogP contribution in [-0.2, 0) is 9.59 Å². The molecular formula is C30H28N2O5. The fourth-order valence-corrected chi connectivity index (χ4v) is 3.31. The molecule has 0 saturated heterocycles. The third-order valence-electron chi connectivity index (χ3n) is 5.29. The molecule has 0 unspecified atom stereocenters. The van der Waals surface area contributed by atoms with Crippen molar-refractivity contribution in [2.24, 2.45) is 0 Å². The minimum Gasteiger partial charge on any atom is -0.484 e. The first-order valence-corrected chi connectivity index (χ1v) is 11.8. The standard InChI is InChI=1S/C30H28N2O5/c1-21-3-11-25(12-4-21)35-19-29(33)31-23-7-15-27(16-8-23)37-28-17-9-24(10-18-28)32-30(34)20-36-26-13-5-22(2)6-14-26/h3-18H,19-20H2,1-2H3,(H,31,33)(H,32,34). The van der Waals surface area contributed by atoms with E-state index >= 15 is 0 Å². The summed E-state index contributed by atoms with van der Waals surface area (Å²) in [5, 5.41) is 5.59. The molecule has 0 spiro atoms. The predicted octanol–water partition coefficient (Wildman–Crippen LogP) is 6.13. The number of carbonyl (C=O) groups excluding carboxylic acids is 2. The topological polar surface area (TPSA) is 85.9 Å². The van der Waals surface area contributed by atoms with Crippen molar-refractivity contribution in [2.45, 2.75) is 13.8 Å². The first-order valence-electron chi connectivity index (χ1n) is 11.8. The predicted molar refractivity (Wildman–Crippen MR) is 144 cm³/mol. The van der Waals surface area contributed by atoms with E-state index in [0.717, 1.165) is 11.1 Å². The number of amides is 2. The minimum atomic E-state index is -0.254. The molecule has 0 radical (unpaired) electrons. The first-order chi connectivity index (χ1) is 17.9. The van der Waals surface area contributed by atoms with E-state index in [4.69, 9.17) is 14.2 Å². The zero-order chi connectivity index (χ0) is 26.0. The number of anilines is 2. The van der Waals surface area contributed by atoms with Crippen molar-refractivity contribution in [3.05, 3.63) is 108 Å². The fourth-order valence-electron chi connectivity index (χ4n) is 3.31. The van der Waals surface area contributed by atoms with Crippen LogP contribution in [0.5, 0.6) is 23.0 Å². The lowest BCUT2D eigenvalue weighted by Crippen LogP contribution is -2.20. The van der Waals surface area contributed by atoms with Crippen LogP contribution in [0, 0.1) is 13.8 Å². The molecule has 0 aliphatic carbocycles. The van der Waals surface area contributed by atoms with Gasteiger partial charge in [-0.05, 0) is 86.6 Å². The smallest absolute Gasteiger partial charge is 0.262 e. The number of rotatable bonds is 10. The molecule has 7 nitrogen and oxygen atoms in total. The van der Waals surface area contributed by atoms with Crippen LogP contribution in [0.1, 0.15) is 11.1 Å². The van der Waals surface area contributed by atoms with Gasteiger partial charge in [0, 0.05) is 11.4 Å². The number of hydrogen-bond donors (Lipinski definition) is 2. The summed E-state index contributed by atoms with van der Waals surface area (Å²) in [5.41, 5.74) is 3.52. The van der Waals surface area contributed by atoms with E-state index in [2.05, 4.69) is 10.6 Å². The lowest BCUT2D eigenvalue weighted by Gasteiger charge is -2.10. The van der Waals surface area contributed by atoms with E-state index in [9.17, 15) is 9.59 Å². The zero-order valence-electron chi connectivity index (χ0n) is 20.7. The van der Waals surface area contributed by atoms with Gasteiger partial charge in [-0.15, -0.1) is 0 Å². The molecule has 2 amide bonds. The van der Waals surface area contributed by atoms with Crippen LogP contribution in [0.25, 0.3) is 0 Å². The average molecular weight is 497 g/mol. The molecule has 0 bridgehead atoms. The number of ether oxygens (including phenoxy) is 3. The first kappa shape index (κ1) is 25.3. The number of nitrogens with one attached hydrogen (secondary N) is 2. The highest BCUT2D eigenvalue weighted by molar-refractivity contribution is 5.92. The van der Waals surface area contributed by atoms with Crippen molar-refractivity contribution >= 4 is 23.2 Å². The van der Waals surface area contributed by atoms with Gasteiger partial charge in [0.15, 0.2) is 13.2 Å². The molecule has 188 valence electrons. The number of benzene rings is 4. The average Bonchev–Trinajstić information content (AvgIpc) is 2.90. The van der Waals surface area contributed by atoms with Crippen molar-refractivity contribution in [3.63, 3.8) is 0 Å². The van der Waals surface area contributed by atoms with E-state index < -0.39 is 0 Å². The molecule has 7 heteroatoms. The zero-order valence-corrected chi connectivity index (χ0v) is 20.7. The van der Waals surface area contributed by atoms with Crippen LogP contribution in [0.15, 0.2) is 97.1 Å². The molecule has 0 heterocycles.